The van der Waals surface area contributed by atoms with Gasteiger partial charge in [0.2, 0.25) is 0 Å². The number of amides is 1. The molecule has 0 radical (unpaired) electrons. The van der Waals surface area contributed by atoms with Gasteiger partial charge in [-0.25, -0.2) is 0 Å². The number of methoxy groups -OCH3 is 1. The van der Waals surface area contributed by atoms with E-state index in [1.54, 1.807) is 48.5 Å². The number of aliphatic hydroxyl groups is 1. The molecule has 1 fully saturated rings. The number of ketones is 1. The fraction of sp³-hybridized carbons (Fsp3) is 0.0714. The lowest BCUT2D eigenvalue weighted by Crippen LogP contribution is -2.29. The summed E-state index contributed by atoms with van der Waals surface area (Å²) in [5.41, 5.74) is 1.39. The third-order valence-electron chi connectivity index (χ3n) is 6.04. The van der Waals surface area contributed by atoms with E-state index in [0.29, 0.717) is 22.6 Å². The number of Topliss-reactive ketones (excluding diaryl/α,β-unsaturated/α-hetero) is 1. The number of nitrogens with zero attached hydrogens (tertiary/aromatic N) is 1. The number of aromatic hydroxyl groups is 1. The molecule has 4 aromatic rings. The van der Waals surface area contributed by atoms with Crippen molar-refractivity contribution in [3.8, 4) is 11.5 Å². The van der Waals surface area contributed by atoms with Gasteiger partial charge in [-0.1, -0.05) is 66.7 Å². The van der Waals surface area contributed by atoms with E-state index in [1.807, 2.05) is 30.3 Å². The zero-order valence-corrected chi connectivity index (χ0v) is 18.3. The number of ether oxygens (including phenoxy) is 1. The van der Waals surface area contributed by atoms with Crippen molar-refractivity contribution in [2.75, 3.05) is 12.0 Å². The van der Waals surface area contributed by atoms with Gasteiger partial charge in [-0.05, 0) is 40.6 Å². The topological polar surface area (TPSA) is 87.1 Å². The highest BCUT2D eigenvalue weighted by atomic mass is 16.5. The molecule has 0 spiro atoms. The molecule has 1 aliphatic rings. The van der Waals surface area contributed by atoms with Crippen molar-refractivity contribution in [1.29, 1.82) is 0 Å². The van der Waals surface area contributed by atoms with Gasteiger partial charge in [0.1, 0.15) is 17.3 Å². The molecule has 1 saturated heterocycles. The van der Waals surface area contributed by atoms with Gasteiger partial charge in [-0.3, -0.25) is 14.5 Å². The maximum atomic E-state index is 13.4. The highest BCUT2D eigenvalue weighted by Gasteiger charge is 2.47. The Morgan fingerprint density at radius 3 is 2.29 bits per heavy atom. The number of rotatable bonds is 4. The van der Waals surface area contributed by atoms with Crippen LogP contribution >= 0.6 is 0 Å². The van der Waals surface area contributed by atoms with Gasteiger partial charge in [0.15, 0.2) is 0 Å². The van der Waals surface area contributed by atoms with Crippen LogP contribution in [0.5, 0.6) is 11.5 Å². The third-order valence-corrected chi connectivity index (χ3v) is 6.04. The van der Waals surface area contributed by atoms with Gasteiger partial charge in [-0.2, -0.15) is 0 Å². The first-order chi connectivity index (χ1) is 16.5. The predicted octanol–water partition coefficient (Wildman–Crippen LogP) is 5.18. The highest BCUT2D eigenvalue weighted by Crippen LogP contribution is 2.45. The zero-order chi connectivity index (χ0) is 23.8. The Labute approximate surface area is 196 Å². The minimum atomic E-state index is -0.920. The molecule has 0 aliphatic carbocycles. The van der Waals surface area contributed by atoms with E-state index in [9.17, 15) is 19.8 Å². The van der Waals surface area contributed by atoms with Crippen LogP contribution in [0, 0.1) is 0 Å². The van der Waals surface area contributed by atoms with Crippen molar-refractivity contribution in [1.82, 2.24) is 0 Å². The molecule has 0 aromatic heterocycles. The maximum Gasteiger partial charge on any atom is 0.300 e. The first kappa shape index (κ1) is 21.3. The summed E-state index contributed by atoms with van der Waals surface area (Å²) in [5.74, 6) is -1.37. The minimum absolute atomic E-state index is 0.0297. The second-order valence-corrected chi connectivity index (χ2v) is 7.96. The van der Waals surface area contributed by atoms with Crippen molar-refractivity contribution in [2.45, 2.75) is 6.04 Å². The van der Waals surface area contributed by atoms with Crippen LogP contribution in [0.15, 0.2) is 96.6 Å². The van der Waals surface area contributed by atoms with Crippen LogP contribution in [0.1, 0.15) is 17.2 Å². The molecule has 6 heteroatoms. The summed E-state index contributed by atoms with van der Waals surface area (Å²) in [4.78, 5) is 28.1. The molecule has 0 saturated carbocycles. The fourth-order valence-corrected chi connectivity index (χ4v) is 4.46. The second-order valence-electron chi connectivity index (χ2n) is 7.96. The SMILES string of the molecule is COc1ccccc1N1C(=O)C(=O)/C(=C(\O)c2cccc3ccccc23)C1c1ccc(O)cc1. The summed E-state index contributed by atoms with van der Waals surface area (Å²) >= 11 is 0. The van der Waals surface area contributed by atoms with Crippen LogP contribution in [0.2, 0.25) is 0 Å². The number of benzene rings is 4. The quantitative estimate of drug-likeness (QED) is 0.254. The Morgan fingerprint density at radius 2 is 1.53 bits per heavy atom. The first-order valence-electron chi connectivity index (χ1n) is 10.7. The number of phenols is 1. The summed E-state index contributed by atoms with van der Waals surface area (Å²) in [7, 11) is 1.49. The normalized spacial score (nSPS) is 17.3. The largest absolute Gasteiger partial charge is 0.508 e. The van der Waals surface area contributed by atoms with Crippen LogP contribution in [0.4, 0.5) is 5.69 Å². The standard InChI is InChI=1S/C28H21NO5/c1-34-23-12-5-4-11-22(23)29-25(18-13-15-19(30)16-14-18)24(27(32)28(29)33)26(31)21-10-6-8-17-7-2-3-9-20(17)21/h2-16,25,30-31H,1H3/b26-24-. The molecule has 1 atom stereocenters. The molecule has 1 aliphatic heterocycles. The summed E-state index contributed by atoms with van der Waals surface area (Å²) in [6.45, 7) is 0. The van der Waals surface area contributed by atoms with Gasteiger partial charge >= 0.3 is 0 Å². The van der Waals surface area contributed by atoms with Gasteiger partial charge in [-0.15, -0.1) is 0 Å². The van der Waals surface area contributed by atoms with Gasteiger partial charge < -0.3 is 14.9 Å². The number of fused-ring (bicyclic) bond motifs is 1. The maximum absolute atomic E-state index is 13.4. The predicted molar refractivity (Wildman–Crippen MR) is 130 cm³/mol. The number of anilines is 1. The van der Waals surface area contributed by atoms with E-state index in [4.69, 9.17) is 4.74 Å². The molecule has 6 nitrogen and oxygen atoms in total. The van der Waals surface area contributed by atoms with Crippen LogP contribution in [-0.2, 0) is 9.59 Å². The van der Waals surface area contributed by atoms with Crippen molar-refractivity contribution in [3.05, 3.63) is 108 Å². The first-order valence-corrected chi connectivity index (χ1v) is 10.7. The van der Waals surface area contributed by atoms with E-state index >= 15 is 0 Å². The lowest BCUT2D eigenvalue weighted by Gasteiger charge is -2.26. The number of para-hydroxylation sites is 2. The summed E-state index contributed by atoms with van der Waals surface area (Å²) < 4.78 is 5.46. The summed E-state index contributed by atoms with van der Waals surface area (Å²) in [6.07, 6.45) is 0. The number of carbonyl (C=O) groups excluding carboxylic acids is 2. The number of hydrogen-bond donors (Lipinski definition) is 2. The Balaban J connectivity index is 1.79. The van der Waals surface area contributed by atoms with Crippen molar-refractivity contribution in [2.24, 2.45) is 0 Å². The zero-order valence-electron chi connectivity index (χ0n) is 18.3. The van der Waals surface area contributed by atoms with Crippen LogP contribution in [0.3, 0.4) is 0 Å². The molecule has 1 amide bonds. The molecule has 1 heterocycles. The second kappa shape index (κ2) is 8.41. The van der Waals surface area contributed by atoms with E-state index in [2.05, 4.69) is 0 Å². The molecular weight excluding hydrogens is 430 g/mol. The van der Waals surface area contributed by atoms with Crippen molar-refractivity contribution >= 4 is 33.9 Å². The van der Waals surface area contributed by atoms with Crippen LogP contribution in [-0.4, -0.2) is 29.0 Å². The molecule has 5 rings (SSSR count). The molecule has 0 bridgehead atoms. The Hall–Kier alpha value is -4.58. The van der Waals surface area contributed by atoms with E-state index in [0.717, 1.165) is 10.8 Å². The Morgan fingerprint density at radius 1 is 0.853 bits per heavy atom. The molecular formula is C28H21NO5. The summed E-state index contributed by atoms with van der Waals surface area (Å²) in [5, 5.41) is 22.9. The molecule has 4 aromatic carbocycles. The lowest BCUT2D eigenvalue weighted by atomic mass is 9.93. The minimum Gasteiger partial charge on any atom is -0.508 e. The van der Waals surface area contributed by atoms with E-state index in [1.165, 1.54) is 24.1 Å². The van der Waals surface area contributed by atoms with Crippen molar-refractivity contribution < 1.29 is 24.5 Å². The lowest BCUT2D eigenvalue weighted by molar-refractivity contribution is -0.132. The third kappa shape index (κ3) is 3.36. The monoisotopic (exact) mass is 451 g/mol. The smallest absolute Gasteiger partial charge is 0.300 e. The van der Waals surface area contributed by atoms with Crippen LogP contribution < -0.4 is 9.64 Å². The molecule has 34 heavy (non-hydrogen) atoms. The number of phenolic OH excluding ortho intramolecular Hbond substituents is 1. The molecule has 168 valence electrons. The van der Waals surface area contributed by atoms with Gasteiger partial charge in [0.05, 0.1) is 24.4 Å². The number of hydrogen-bond acceptors (Lipinski definition) is 5. The van der Waals surface area contributed by atoms with E-state index < -0.39 is 17.7 Å². The van der Waals surface area contributed by atoms with Crippen LogP contribution in [0.25, 0.3) is 16.5 Å². The number of aliphatic hydroxyl groups excluding tert-OH is 1. The van der Waals surface area contributed by atoms with Crippen molar-refractivity contribution in [3.63, 3.8) is 0 Å². The Bertz CT molecular complexity index is 1450. The summed E-state index contributed by atoms with van der Waals surface area (Å²) in [6, 6.07) is 25.2. The molecule has 1 unspecified atom stereocenters. The average Bonchev–Trinajstić information content (AvgIpc) is 3.13. The Kier molecular flexibility index (Phi) is 5.26. The van der Waals surface area contributed by atoms with Gasteiger partial charge in [0.25, 0.3) is 11.7 Å². The average molecular weight is 451 g/mol. The van der Waals surface area contributed by atoms with E-state index in [-0.39, 0.29) is 17.1 Å². The van der Waals surface area contributed by atoms with Gasteiger partial charge in [0, 0.05) is 5.56 Å². The highest BCUT2D eigenvalue weighted by molar-refractivity contribution is 6.52. The fourth-order valence-electron chi connectivity index (χ4n) is 4.46. The number of carbonyl (C=O) groups is 2. The molecule has 2 N–H and O–H groups in total.